The maximum Gasteiger partial charge on any atom is 0.251 e. The predicted octanol–water partition coefficient (Wildman–Crippen LogP) is 0.774. The Labute approximate surface area is 166 Å². The number of hydrogen-bond donors (Lipinski definition) is 4. The topological polar surface area (TPSA) is 118 Å². The SMILES string of the molecule is CCNC(=NCc1ccc(C(=O)NCC(N)=O)cc1)NCCCOCC1CC1. The smallest absolute Gasteiger partial charge is 0.251 e. The standard InChI is InChI=1S/C20H31N5O3/c1-2-22-20(23-10-3-11-28-14-16-4-5-16)25-12-15-6-8-17(9-7-15)19(27)24-13-18(21)26/h6-9,16H,2-5,10-14H2,1H3,(H2,21,26)(H,24,27)(H2,22,23,25). The molecule has 8 nitrogen and oxygen atoms in total. The van der Waals surface area contributed by atoms with Gasteiger partial charge < -0.3 is 26.4 Å². The molecule has 0 radical (unpaired) electrons. The highest BCUT2D eigenvalue weighted by molar-refractivity contribution is 5.96. The first-order valence-electron chi connectivity index (χ1n) is 9.84. The van der Waals surface area contributed by atoms with E-state index in [9.17, 15) is 9.59 Å². The number of nitrogens with zero attached hydrogens (tertiary/aromatic N) is 1. The molecule has 2 amide bonds. The summed E-state index contributed by atoms with van der Waals surface area (Å²) in [4.78, 5) is 27.2. The van der Waals surface area contributed by atoms with Gasteiger partial charge in [0, 0.05) is 31.9 Å². The van der Waals surface area contributed by atoms with Gasteiger partial charge in [-0.15, -0.1) is 0 Å². The molecule has 1 saturated carbocycles. The third kappa shape index (κ3) is 8.85. The summed E-state index contributed by atoms with van der Waals surface area (Å²) in [5, 5.41) is 8.98. The van der Waals surface area contributed by atoms with Crippen molar-refractivity contribution in [2.45, 2.75) is 32.7 Å². The van der Waals surface area contributed by atoms with Crippen LogP contribution in [0.4, 0.5) is 0 Å². The van der Waals surface area contributed by atoms with Gasteiger partial charge >= 0.3 is 0 Å². The summed E-state index contributed by atoms with van der Waals surface area (Å²) in [5.41, 5.74) is 6.48. The Morgan fingerprint density at radius 1 is 1.18 bits per heavy atom. The monoisotopic (exact) mass is 389 g/mol. The summed E-state index contributed by atoms with van der Waals surface area (Å²) in [6.07, 6.45) is 3.56. The van der Waals surface area contributed by atoms with E-state index in [1.165, 1.54) is 12.8 Å². The van der Waals surface area contributed by atoms with E-state index in [1.807, 2.05) is 19.1 Å². The Hall–Kier alpha value is -2.61. The summed E-state index contributed by atoms with van der Waals surface area (Å²) in [6, 6.07) is 7.10. The van der Waals surface area contributed by atoms with E-state index in [0.29, 0.717) is 12.1 Å². The van der Waals surface area contributed by atoms with Crippen molar-refractivity contribution in [3.05, 3.63) is 35.4 Å². The molecular weight excluding hydrogens is 358 g/mol. The van der Waals surface area contributed by atoms with E-state index >= 15 is 0 Å². The molecule has 5 N–H and O–H groups in total. The molecule has 2 rings (SSSR count). The average molecular weight is 390 g/mol. The minimum atomic E-state index is -0.572. The molecule has 0 bridgehead atoms. The molecule has 28 heavy (non-hydrogen) atoms. The maximum atomic E-state index is 11.9. The molecule has 0 aromatic heterocycles. The van der Waals surface area contributed by atoms with Crippen molar-refractivity contribution in [2.24, 2.45) is 16.6 Å². The zero-order valence-electron chi connectivity index (χ0n) is 16.5. The van der Waals surface area contributed by atoms with Crippen molar-refractivity contribution < 1.29 is 14.3 Å². The van der Waals surface area contributed by atoms with Crippen LogP contribution < -0.4 is 21.7 Å². The second-order valence-corrected chi connectivity index (χ2v) is 6.84. The molecule has 1 fully saturated rings. The summed E-state index contributed by atoms with van der Waals surface area (Å²) in [6.45, 7) is 5.59. The van der Waals surface area contributed by atoms with Crippen LogP contribution in [0.15, 0.2) is 29.3 Å². The van der Waals surface area contributed by atoms with E-state index in [4.69, 9.17) is 10.5 Å². The van der Waals surface area contributed by atoms with Crippen molar-refractivity contribution in [1.29, 1.82) is 0 Å². The lowest BCUT2D eigenvalue weighted by molar-refractivity contribution is -0.117. The number of hydrogen-bond acceptors (Lipinski definition) is 4. The Balaban J connectivity index is 1.73. The number of nitrogens with two attached hydrogens (primary N) is 1. The van der Waals surface area contributed by atoms with Crippen LogP contribution in [0, 0.1) is 5.92 Å². The third-order valence-electron chi connectivity index (χ3n) is 4.21. The van der Waals surface area contributed by atoms with Gasteiger partial charge in [-0.3, -0.25) is 9.59 Å². The van der Waals surface area contributed by atoms with Gasteiger partial charge in [-0.25, -0.2) is 4.99 Å². The summed E-state index contributed by atoms with van der Waals surface area (Å²) >= 11 is 0. The molecule has 154 valence electrons. The number of benzene rings is 1. The average Bonchev–Trinajstić information content (AvgIpc) is 3.51. The van der Waals surface area contributed by atoms with Crippen molar-refractivity contribution in [2.75, 3.05) is 32.8 Å². The lowest BCUT2D eigenvalue weighted by atomic mass is 10.1. The fourth-order valence-corrected chi connectivity index (χ4v) is 2.46. The Morgan fingerprint density at radius 2 is 1.93 bits per heavy atom. The zero-order chi connectivity index (χ0) is 20.2. The maximum absolute atomic E-state index is 11.9. The largest absolute Gasteiger partial charge is 0.381 e. The van der Waals surface area contributed by atoms with Gasteiger partial charge in [-0.1, -0.05) is 12.1 Å². The minimum absolute atomic E-state index is 0.172. The predicted molar refractivity (Wildman–Crippen MR) is 109 cm³/mol. The van der Waals surface area contributed by atoms with E-state index in [2.05, 4.69) is 20.9 Å². The molecule has 1 aliphatic carbocycles. The fraction of sp³-hybridized carbons (Fsp3) is 0.550. The van der Waals surface area contributed by atoms with Crippen LogP contribution in [0.5, 0.6) is 0 Å². The molecule has 0 saturated heterocycles. The molecule has 1 aromatic rings. The van der Waals surface area contributed by atoms with Gasteiger partial charge in [0.25, 0.3) is 5.91 Å². The first kappa shape index (κ1) is 21.7. The molecule has 0 heterocycles. The van der Waals surface area contributed by atoms with Crippen LogP contribution in [0.3, 0.4) is 0 Å². The van der Waals surface area contributed by atoms with Crippen molar-refractivity contribution in [3.63, 3.8) is 0 Å². The molecule has 0 aliphatic heterocycles. The van der Waals surface area contributed by atoms with Crippen LogP contribution in [0.25, 0.3) is 0 Å². The first-order chi connectivity index (χ1) is 13.6. The number of guanidine groups is 1. The Morgan fingerprint density at radius 3 is 2.57 bits per heavy atom. The molecule has 1 aromatic carbocycles. The highest BCUT2D eigenvalue weighted by atomic mass is 16.5. The quantitative estimate of drug-likeness (QED) is 0.239. The van der Waals surface area contributed by atoms with Gasteiger partial charge in [-0.2, -0.15) is 0 Å². The zero-order valence-corrected chi connectivity index (χ0v) is 16.5. The molecular formula is C20H31N5O3. The highest BCUT2D eigenvalue weighted by Crippen LogP contribution is 2.28. The normalized spacial score (nSPS) is 13.8. The van der Waals surface area contributed by atoms with E-state index in [-0.39, 0.29) is 12.5 Å². The fourth-order valence-electron chi connectivity index (χ4n) is 2.46. The molecule has 0 spiro atoms. The lowest BCUT2D eigenvalue weighted by Crippen LogP contribution is -2.38. The number of ether oxygens (including phenoxy) is 1. The van der Waals surface area contributed by atoms with Crippen LogP contribution in [-0.2, 0) is 16.1 Å². The Bertz CT molecular complexity index is 656. The number of primary amides is 1. The summed E-state index contributed by atoms with van der Waals surface area (Å²) < 4.78 is 5.63. The minimum Gasteiger partial charge on any atom is -0.381 e. The van der Waals surface area contributed by atoms with Crippen molar-refractivity contribution >= 4 is 17.8 Å². The van der Waals surface area contributed by atoms with Gasteiger partial charge in [0.1, 0.15) is 0 Å². The van der Waals surface area contributed by atoms with Crippen LogP contribution in [-0.4, -0.2) is 50.6 Å². The molecule has 1 aliphatic rings. The number of nitrogens with one attached hydrogen (secondary N) is 3. The van der Waals surface area contributed by atoms with Crippen molar-refractivity contribution in [1.82, 2.24) is 16.0 Å². The number of amides is 2. The van der Waals surface area contributed by atoms with E-state index in [0.717, 1.165) is 50.2 Å². The van der Waals surface area contributed by atoms with E-state index < -0.39 is 5.91 Å². The first-order valence-corrected chi connectivity index (χ1v) is 9.84. The highest BCUT2D eigenvalue weighted by Gasteiger charge is 2.20. The molecule has 0 atom stereocenters. The second-order valence-electron chi connectivity index (χ2n) is 6.84. The molecule has 8 heteroatoms. The summed E-state index contributed by atoms with van der Waals surface area (Å²) in [7, 11) is 0. The van der Waals surface area contributed by atoms with Gasteiger partial charge in [-0.05, 0) is 49.8 Å². The van der Waals surface area contributed by atoms with Crippen molar-refractivity contribution in [3.8, 4) is 0 Å². The van der Waals surface area contributed by atoms with Crippen LogP contribution in [0.2, 0.25) is 0 Å². The number of carbonyl (C=O) groups is 2. The number of aliphatic imine (C=N–C) groups is 1. The van der Waals surface area contributed by atoms with Gasteiger partial charge in [0.2, 0.25) is 5.91 Å². The number of carbonyl (C=O) groups excluding carboxylic acids is 2. The van der Waals surface area contributed by atoms with Gasteiger partial charge in [0.15, 0.2) is 5.96 Å². The summed E-state index contributed by atoms with van der Waals surface area (Å²) in [5.74, 6) is 0.658. The number of rotatable bonds is 12. The van der Waals surface area contributed by atoms with Crippen LogP contribution in [0.1, 0.15) is 42.1 Å². The van der Waals surface area contributed by atoms with Crippen LogP contribution >= 0.6 is 0 Å². The van der Waals surface area contributed by atoms with Gasteiger partial charge in [0.05, 0.1) is 13.1 Å². The Kier molecular flexibility index (Phi) is 9.27. The second kappa shape index (κ2) is 12.0. The van der Waals surface area contributed by atoms with E-state index in [1.54, 1.807) is 12.1 Å². The third-order valence-corrected chi connectivity index (χ3v) is 4.21. The lowest BCUT2D eigenvalue weighted by Gasteiger charge is -2.11. The molecule has 0 unspecified atom stereocenters.